The molecule has 1 atom stereocenters. The largest absolute Gasteiger partial charge is 0.368 e. The zero-order chi connectivity index (χ0) is 15.9. The number of amides is 1. The van der Waals surface area contributed by atoms with Crippen molar-refractivity contribution in [3.05, 3.63) is 29.3 Å². The Balaban J connectivity index is 2.35. The highest BCUT2D eigenvalue weighted by Crippen LogP contribution is 2.25. The van der Waals surface area contributed by atoms with Gasteiger partial charge in [-0.05, 0) is 57.5 Å². The molecule has 21 heavy (non-hydrogen) atoms. The van der Waals surface area contributed by atoms with Crippen LogP contribution >= 0.6 is 11.8 Å². The van der Waals surface area contributed by atoms with Gasteiger partial charge in [0.25, 0.3) is 0 Å². The third kappa shape index (κ3) is 5.71. The second-order valence-corrected chi connectivity index (χ2v) is 6.94. The summed E-state index contributed by atoms with van der Waals surface area (Å²) >= 11 is 1.89. The molecule has 0 fully saturated rings. The highest BCUT2D eigenvalue weighted by molar-refractivity contribution is 7.99. The van der Waals surface area contributed by atoms with Crippen LogP contribution < -0.4 is 11.1 Å². The summed E-state index contributed by atoms with van der Waals surface area (Å²) in [6, 6.07) is 6.57. The van der Waals surface area contributed by atoms with Gasteiger partial charge in [-0.25, -0.2) is 0 Å². The minimum atomic E-state index is -0.570. The molecule has 0 aromatic heterocycles. The number of carbonyl (C=O) groups is 1. The molecule has 0 heterocycles. The van der Waals surface area contributed by atoms with Crippen LogP contribution in [-0.2, 0) is 4.79 Å². The fraction of sp³-hybridized carbons (Fsp3) is 0.588. The standard InChI is InChI=1S/C17H28N2OS/c1-5-19-17(4,16(18)20)10-6-7-11-21-15-9-8-13(2)12-14(15)3/h8-9,12,19H,5-7,10-11H2,1-4H3,(H2,18,20). The van der Waals surface area contributed by atoms with E-state index in [9.17, 15) is 4.79 Å². The van der Waals surface area contributed by atoms with Crippen LogP contribution in [0.3, 0.4) is 0 Å². The van der Waals surface area contributed by atoms with Gasteiger partial charge < -0.3 is 11.1 Å². The van der Waals surface area contributed by atoms with E-state index in [-0.39, 0.29) is 5.91 Å². The molecule has 0 aliphatic rings. The summed E-state index contributed by atoms with van der Waals surface area (Å²) in [5.74, 6) is 0.816. The van der Waals surface area contributed by atoms with Gasteiger partial charge in [-0.15, -0.1) is 11.8 Å². The summed E-state index contributed by atoms with van der Waals surface area (Å²) in [6.45, 7) is 8.93. The number of rotatable bonds is 9. The molecule has 0 saturated carbocycles. The molecular formula is C17H28N2OS. The van der Waals surface area contributed by atoms with Crippen molar-refractivity contribution in [3.8, 4) is 0 Å². The van der Waals surface area contributed by atoms with Gasteiger partial charge in [0.15, 0.2) is 0 Å². The summed E-state index contributed by atoms with van der Waals surface area (Å²) < 4.78 is 0. The maximum Gasteiger partial charge on any atom is 0.237 e. The number of benzene rings is 1. The summed E-state index contributed by atoms with van der Waals surface area (Å²) in [5, 5.41) is 3.20. The third-order valence-corrected chi connectivity index (χ3v) is 5.03. The normalized spacial score (nSPS) is 13.9. The lowest BCUT2D eigenvalue weighted by Crippen LogP contribution is -2.52. The molecule has 1 aromatic carbocycles. The average molecular weight is 308 g/mol. The number of primary amides is 1. The zero-order valence-corrected chi connectivity index (χ0v) is 14.5. The van der Waals surface area contributed by atoms with E-state index >= 15 is 0 Å². The maximum absolute atomic E-state index is 11.5. The SMILES string of the molecule is CCNC(C)(CCCCSc1ccc(C)cc1C)C(N)=O. The Morgan fingerprint density at radius 1 is 1.33 bits per heavy atom. The van der Waals surface area contributed by atoms with Crippen molar-refractivity contribution < 1.29 is 4.79 Å². The summed E-state index contributed by atoms with van der Waals surface area (Å²) in [7, 11) is 0. The maximum atomic E-state index is 11.5. The molecule has 0 spiro atoms. The Bertz CT molecular complexity index is 476. The first-order valence-electron chi connectivity index (χ1n) is 7.64. The molecule has 0 aliphatic carbocycles. The van der Waals surface area contributed by atoms with Gasteiger partial charge in [0, 0.05) is 4.90 Å². The van der Waals surface area contributed by atoms with Crippen molar-refractivity contribution in [2.45, 2.75) is 57.4 Å². The summed E-state index contributed by atoms with van der Waals surface area (Å²) in [6.07, 6.45) is 2.89. The van der Waals surface area contributed by atoms with Gasteiger partial charge in [-0.1, -0.05) is 31.0 Å². The molecule has 1 unspecified atom stereocenters. The monoisotopic (exact) mass is 308 g/mol. The lowest BCUT2D eigenvalue weighted by atomic mass is 9.94. The van der Waals surface area contributed by atoms with Gasteiger partial charge in [0.1, 0.15) is 0 Å². The molecule has 1 amide bonds. The molecule has 0 aliphatic heterocycles. The highest BCUT2D eigenvalue weighted by atomic mass is 32.2. The first-order valence-corrected chi connectivity index (χ1v) is 8.62. The van der Waals surface area contributed by atoms with Gasteiger partial charge in [0.05, 0.1) is 5.54 Å². The number of hydrogen-bond donors (Lipinski definition) is 2. The van der Waals surface area contributed by atoms with Crippen LogP contribution in [0.15, 0.2) is 23.1 Å². The van der Waals surface area contributed by atoms with E-state index in [2.05, 4.69) is 37.4 Å². The van der Waals surface area contributed by atoms with Crippen molar-refractivity contribution in [1.29, 1.82) is 0 Å². The predicted octanol–water partition coefficient (Wildman–Crippen LogP) is 3.42. The lowest BCUT2D eigenvalue weighted by Gasteiger charge is -2.26. The van der Waals surface area contributed by atoms with Crippen LogP contribution in [0.4, 0.5) is 0 Å². The number of hydrogen-bond acceptors (Lipinski definition) is 3. The molecule has 0 bridgehead atoms. The molecule has 4 heteroatoms. The summed E-state index contributed by atoms with van der Waals surface area (Å²) in [4.78, 5) is 12.9. The van der Waals surface area contributed by atoms with Crippen LogP contribution in [0, 0.1) is 13.8 Å². The van der Waals surface area contributed by atoms with E-state index < -0.39 is 5.54 Å². The summed E-state index contributed by atoms with van der Waals surface area (Å²) in [5.41, 5.74) is 7.57. The Labute approximate surface area is 133 Å². The van der Waals surface area contributed by atoms with E-state index in [1.807, 2.05) is 25.6 Å². The van der Waals surface area contributed by atoms with E-state index in [4.69, 9.17) is 5.73 Å². The van der Waals surface area contributed by atoms with Gasteiger partial charge in [-0.3, -0.25) is 4.79 Å². The molecular weight excluding hydrogens is 280 g/mol. The van der Waals surface area contributed by atoms with Gasteiger partial charge in [-0.2, -0.15) is 0 Å². The minimum Gasteiger partial charge on any atom is -0.368 e. The minimum absolute atomic E-state index is 0.258. The number of nitrogens with one attached hydrogen (secondary N) is 1. The molecule has 0 saturated heterocycles. The van der Waals surface area contributed by atoms with Crippen molar-refractivity contribution in [3.63, 3.8) is 0 Å². The topological polar surface area (TPSA) is 55.1 Å². The second-order valence-electron chi connectivity index (χ2n) is 5.80. The fourth-order valence-electron chi connectivity index (χ4n) is 2.41. The van der Waals surface area contributed by atoms with Crippen molar-refractivity contribution in [2.24, 2.45) is 5.73 Å². The third-order valence-electron chi connectivity index (χ3n) is 3.77. The number of aryl methyl sites for hydroxylation is 2. The van der Waals surface area contributed by atoms with Crippen LogP contribution in [0.25, 0.3) is 0 Å². The lowest BCUT2D eigenvalue weighted by molar-refractivity contribution is -0.124. The molecule has 3 N–H and O–H groups in total. The second kappa shape index (κ2) is 8.44. The molecule has 0 radical (unpaired) electrons. The van der Waals surface area contributed by atoms with Crippen LogP contribution in [-0.4, -0.2) is 23.7 Å². The number of nitrogens with two attached hydrogens (primary N) is 1. The zero-order valence-electron chi connectivity index (χ0n) is 13.7. The smallest absolute Gasteiger partial charge is 0.237 e. The molecule has 1 aromatic rings. The quantitative estimate of drug-likeness (QED) is 0.543. The average Bonchev–Trinajstić information content (AvgIpc) is 2.40. The van der Waals surface area contributed by atoms with E-state index in [0.717, 1.165) is 31.6 Å². The Hall–Kier alpha value is -1.00. The Kier molecular flexibility index (Phi) is 7.26. The van der Waals surface area contributed by atoms with Crippen molar-refractivity contribution >= 4 is 17.7 Å². The number of likely N-dealkylation sites (N-methyl/N-ethyl adjacent to an activating group) is 1. The first-order chi connectivity index (χ1) is 9.89. The van der Waals surface area contributed by atoms with Crippen LogP contribution in [0.2, 0.25) is 0 Å². The van der Waals surface area contributed by atoms with E-state index in [1.54, 1.807) is 0 Å². The van der Waals surface area contributed by atoms with Crippen molar-refractivity contribution in [2.75, 3.05) is 12.3 Å². The highest BCUT2D eigenvalue weighted by Gasteiger charge is 2.28. The van der Waals surface area contributed by atoms with Gasteiger partial charge in [0.2, 0.25) is 5.91 Å². The number of thioether (sulfide) groups is 1. The molecule has 118 valence electrons. The number of carbonyl (C=O) groups excluding carboxylic acids is 1. The first kappa shape index (κ1) is 18.1. The van der Waals surface area contributed by atoms with Gasteiger partial charge >= 0.3 is 0 Å². The van der Waals surface area contributed by atoms with E-state index in [0.29, 0.717) is 0 Å². The predicted molar refractivity (Wildman–Crippen MR) is 91.8 cm³/mol. The molecule has 3 nitrogen and oxygen atoms in total. The Morgan fingerprint density at radius 3 is 2.62 bits per heavy atom. The van der Waals surface area contributed by atoms with Crippen LogP contribution in [0.5, 0.6) is 0 Å². The van der Waals surface area contributed by atoms with E-state index in [1.165, 1.54) is 16.0 Å². The van der Waals surface area contributed by atoms with Crippen LogP contribution in [0.1, 0.15) is 44.2 Å². The number of unbranched alkanes of at least 4 members (excludes halogenated alkanes) is 1. The Morgan fingerprint density at radius 2 is 2.05 bits per heavy atom. The molecule has 1 rings (SSSR count). The fourth-order valence-corrected chi connectivity index (χ4v) is 3.43. The van der Waals surface area contributed by atoms with Crippen molar-refractivity contribution in [1.82, 2.24) is 5.32 Å².